The van der Waals surface area contributed by atoms with E-state index >= 15 is 0 Å². The molecule has 0 aromatic heterocycles. The summed E-state index contributed by atoms with van der Waals surface area (Å²) in [6.07, 6.45) is 0. The lowest BCUT2D eigenvalue weighted by atomic mass is 10.2. The van der Waals surface area contributed by atoms with Crippen molar-refractivity contribution in [3.63, 3.8) is 0 Å². The summed E-state index contributed by atoms with van der Waals surface area (Å²) in [4.78, 5) is 13.2. The van der Waals surface area contributed by atoms with Crippen LogP contribution in [0.3, 0.4) is 0 Å². The SMILES string of the molecule is CCN(Cc1ccc(F)c(F)c1)C(=O)[C@H](C)N. The van der Waals surface area contributed by atoms with E-state index in [-0.39, 0.29) is 12.5 Å². The zero-order valence-electron chi connectivity index (χ0n) is 9.91. The molecule has 0 saturated heterocycles. The molecule has 94 valence electrons. The Hall–Kier alpha value is -1.49. The molecule has 0 spiro atoms. The first-order valence-corrected chi connectivity index (χ1v) is 5.44. The highest BCUT2D eigenvalue weighted by molar-refractivity contribution is 5.81. The van der Waals surface area contributed by atoms with E-state index in [0.717, 1.165) is 12.1 Å². The predicted octanol–water partition coefficient (Wildman–Crippen LogP) is 1.66. The second-order valence-corrected chi connectivity index (χ2v) is 3.89. The third kappa shape index (κ3) is 3.49. The van der Waals surface area contributed by atoms with Gasteiger partial charge in [-0.15, -0.1) is 0 Å². The van der Waals surface area contributed by atoms with Gasteiger partial charge in [0.15, 0.2) is 11.6 Å². The quantitative estimate of drug-likeness (QED) is 0.872. The van der Waals surface area contributed by atoms with Crippen LogP contribution in [-0.2, 0) is 11.3 Å². The molecule has 1 amide bonds. The number of rotatable bonds is 4. The van der Waals surface area contributed by atoms with Gasteiger partial charge in [-0.2, -0.15) is 0 Å². The van der Waals surface area contributed by atoms with Gasteiger partial charge in [0.1, 0.15) is 0 Å². The second-order valence-electron chi connectivity index (χ2n) is 3.89. The summed E-state index contributed by atoms with van der Waals surface area (Å²) in [5, 5.41) is 0. The molecule has 0 aliphatic rings. The standard InChI is InChI=1S/C12H16F2N2O/c1-3-16(12(17)8(2)15)7-9-4-5-10(13)11(14)6-9/h4-6,8H,3,7,15H2,1-2H3/t8-/m0/s1. The van der Waals surface area contributed by atoms with Crippen molar-refractivity contribution in [2.45, 2.75) is 26.4 Å². The van der Waals surface area contributed by atoms with E-state index in [1.807, 2.05) is 0 Å². The lowest BCUT2D eigenvalue weighted by molar-refractivity contribution is -0.132. The molecule has 0 radical (unpaired) electrons. The Kier molecular flexibility index (Phi) is 4.57. The molecular weight excluding hydrogens is 226 g/mol. The molecule has 0 aliphatic carbocycles. The maximum absolute atomic E-state index is 13.0. The number of carbonyl (C=O) groups excluding carboxylic acids is 1. The number of amides is 1. The molecule has 0 bridgehead atoms. The number of likely N-dealkylation sites (N-methyl/N-ethyl adjacent to an activating group) is 1. The highest BCUT2D eigenvalue weighted by Crippen LogP contribution is 2.11. The summed E-state index contributed by atoms with van der Waals surface area (Å²) in [5.41, 5.74) is 6.04. The Balaban J connectivity index is 2.80. The minimum atomic E-state index is -0.910. The topological polar surface area (TPSA) is 46.3 Å². The normalized spacial score (nSPS) is 12.3. The Morgan fingerprint density at radius 2 is 2.06 bits per heavy atom. The third-order valence-electron chi connectivity index (χ3n) is 2.44. The molecular formula is C12H16F2N2O. The van der Waals surface area contributed by atoms with Crippen LogP contribution in [0.15, 0.2) is 18.2 Å². The average Bonchev–Trinajstić information content (AvgIpc) is 2.29. The molecule has 0 aliphatic heterocycles. The minimum Gasteiger partial charge on any atom is -0.337 e. The van der Waals surface area contributed by atoms with Gasteiger partial charge in [0.25, 0.3) is 0 Å². The van der Waals surface area contributed by atoms with Crippen LogP contribution < -0.4 is 5.73 Å². The number of hydrogen-bond donors (Lipinski definition) is 1. The van der Waals surface area contributed by atoms with Crippen LogP contribution in [0.5, 0.6) is 0 Å². The first-order valence-electron chi connectivity index (χ1n) is 5.44. The number of carbonyl (C=O) groups is 1. The van der Waals surface area contributed by atoms with Crippen molar-refractivity contribution < 1.29 is 13.6 Å². The predicted molar refractivity (Wildman–Crippen MR) is 61.1 cm³/mol. The molecule has 0 heterocycles. The number of benzene rings is 1. The Morgan fingerprint density at radius 1 is 1.41 bits per heavy atom. The molecule has 1 rings (SSSR count). The maximum atomic E-state index is 13.0. The Labute approximate surface area is 99.2 Å². The van der Waals surface area contributed by atoms with Crippen LogP contribution in [0.4, 0.5) is 8.78 Å². The van der Waals surface area contributed by atoms with Crippen LogP contribution in [0.2, 0.25) is 0 Å². The fraction of sp³-hybridized carbons (Fsp3) is 0.417. The molecule has 0 saturated carbocycles. The first kappa shape index (κ1) is 13.6. The monoisotopic (exact) mass is 242 g/mol. The van der Waals surface area contributed by atoms with E-state index in [9.17, 15) is 13.6 Å². The zero-order chi connectivity index (χ0) is 13.0. The average molecular weight is 242 g/mol. The molecule has 1 aromatic rings. The van der Waals surface area contributed by atoms with Gasteiger partial charge in [-0.25, -0.2) is 8.78 Å². The third-order valence-corrected chi connectivity index (χ3v) is 2.44. The van der Waals surface area contributed by atoms with Gasteiger partial charge in [-0.3, -0.25) is 4.79 Å². The number of nitrogens with two attached hydrogens (primary N) is 1. The van der Waals surface area contributed by atoms with Crippen molar-refractivity contribution in [3.8, 4) is 0 Å². The lowest BCUT2D eigenvalue weighted by Gasteiger charge is -2.22. The van der Waals surface area contributed by atoms with Gasteiger partial charge < -0.3 is 10.6 Å². The molecule has 17 heavy (non-hydrogen) atoms. The fourth-order valence-electron chi connectivity index (χ4n) is 1.49. The van der Waals surface area contributed by atoms with Crippen molar-refractivity contribution in [1.82, 2.24) is 4.90 Å². The molecule has 0 fully saturated rings. The first-order chi connectivity index (χ1) is 7.95. The van der Waals surface area contributed by atoms with Crippen molar-refractivity contribution in [1.29, 1.82) is 0 Å². The summed E-state index contributed by atoms with van der Waals surface area (Å²) in [6, 6.07) is 3.00. The largest absolute Gasteiger partial charge is 0.337 e. The summed E-state index contributed by atoms with van der Waals surface area (Å²) in [5.74, 6) is -2.01. The Morgan fingerprint density at radius 3 is 2.53 bits per heavy atom. The highest BCUT2D eigenvalue weighted by Gasteiger charge is 2.16. The Bertz CT molecular complexity index is 407. The summed E-state index contributed by atoms with van der Waals surface area (Å²) >= 11 is 0. The molecule has 3 nitrogen and oxygen atoms in total. The van der Waals surface area contributed by atoms with Crippen LogP contribution in [0.25, 0.3) is 0 Å². The van der Waals surface area contributed by atoms with E-state index in [4.69, 9.17) is 5.73 Å². The van der Waals surface area contributed by atoms with E-state index in [0.29, 0.717) is 12.1 Å². The maximum Gasteiger partial charge on any atom is 0.239 e. The fourth-order valence-corrected chi connectivity index (χ4v) is 1.49. The number of hydrogen-bond acceptors (Lipinski definition) is 2. The van der Waals surface area contributed by atoms with Gasteiger partial charge >= 0.3 is 0 Å². The van der Waals surface area contributed by atoms with E-state index < -0.39 is 17.7 Å². The number of nitrogens with zero attached hydrogens (tertiary/aromatic N) is 1. The van der Waals surface area contributed by atoms with E-state index in [2.05, 4.69) is 0 Å². The van der Waals surface area contributed by atoms with Crippen LogP contribution >= 0.6 is 0 Å². The molecule has 1 aromatic carbocycles. The van der Waals surface area contributed by atoms with Crippen LogP contribution in [0.1, 0.15) is 19.4 Å². The van der Waals surface area contributed by atoms with Gasteiger partial charge in [-0.1, -0.05) is 6.07 Å². The second kappa shape index (κ2) is 5.72. The van der Waals surface area contributed by atoms with Gasteiger partial charge in [0, 0.05) is 13.1 Å². The van der Waals surface area contributed by atoms with Crippen molar-refractivity contribution in [2.24, 2.45) is 5.73 Å². The molecule has 0 unspecified atom stereocenters. The molecule has 5 heteroatoms. The molecule has 2 N–H and O–H groups in total. The van der Waals surface area contributed by atoms with Crippen molar-refractivity contribution in [2.75, 3.05) is 6.54 Å². The summed E-state index contributed by atoms with van der Waals surface area (Å²) < 4.78 is 25.7. The van der Waals surface area contributed by atoms with E-state index in [1.54, 1.807) is 13.8 Å². The molecule has 1 atom stereocenters. The zero-order valence-corrected chi connectivity index (χ0v) is 9.91. The highest BCUT2D eigenvalue weighted by atomic mass is 19.2. The van der Waals surface area contributed by atoms with Gasteiger partial charge in [0.2, 0.25) is 5.91 Å². The van der Waals surface area contributed by atoms with Crippen LogP contribution in [0, 0.1) is 11.6 Å². The van der Waals surface area contributed by atoms with Gasteiger partial charge in [0.05, 0.1) is 6.04 Å². The van der Waals surface area contributed by atoms with E-state index in [1.165, 1.54) is 11.0 Å². The van der Waals surface area contributed by atoms with Crippen molar-refractivity contribution >= 4 is 5.91 Å². The van der Waals surface area contributed by atoms with Gasteiger partial charge in [-0.05, 0) is 31.5 Å². The van der Waals surface area contributed by atoms with Crippen molar-refractivity contribution in [3.05, 3.63) is 35.4 Å². The summed E-state index contributed by atoms with van der Waals surface area (Å²) in [6.45, 7) is 4.10. The minimum absolute atomic E-state index is 0.211. The smallest absolute Gasteiger partial charge is 0.239 e. The van der Waals surface area contributed by atoms with Crippen LogP contribution in [-0.4, -0.2) is 23.4 Å². The number of halogens is 2. The summed E-state index contributed by atoms with van der Waals surface area (Å²) in [7, 11) is 0. The lowest BCUT2D eigenvalue weighted by Crippen LogP contribution is -2.41.